The Morgan fingerprint density at radius 2 is 2.24 bits per heavy atom. The number of alkyl halides is 1. The molecule has 0 saturated carbocycles. The van der Waals surface area contributed by atoms with Gasteiger partial charge >= 0.3 is 0 Å². The highest BCUT2D eigenvalue weighted by atomic mass is 35.5. The summed E-state index contributed by atoms with van der Waals surface area (Å²) in [5.74, 6) is 2.23. The summed E-state index contributed by atoms with van der Waals surface area (Å²) >= 11 is 8.47. The van der Waals surface area contributed by atoms with Gasteiger partial charge < -0.3 is 4.57 Å². The van der Waals surface area contributed by atoms with Gasteiger partial charge in [0.2, 0.25) is 0 Å². The zero-order chi connectivity index (χ0) is 15.2. The Hall–Kier alpha value is -0.680. The maximum absolute atomic E-state index is 6.40. The van der Waals surface area contributed by atoms with Crippen LogP contribution in [0.4, 0.5) is 0 Å². The van der Waals surface area contributed by atoms with E-state index in [4.69, 9.17) is 16.6 Å². The summed E-state index contributed by atoms with van der Waals surface area (Å²) in [6.07, 6.45) is 2.56. The second-order valence-electron chi connectivity index (χ2n) is 6.15. The Balaban J connectivity index is 2.15. The number of hydrogen-bond donors (Lipinski definition) is 0. The van der Waals surface area contributed by atoms with Crippen LogP contribution in [-0.4, -0.2) is 29.8 Å². The molecule has 21 heavy (non-hydrogen) atoms. The lowest BCUT2D eigenvalue weighted by molar-refractivity contribution is 0.495. The van der Waals surface area contributed by atoms with E-state index in [1.165, 1.54) is 18.6 Å². The molecule has 1 saturated heterocycles. The maximum Gasteiger partial charge on any atom is 0.159 e. The minimum atomic E-state index is -0.0860. The lowest BCUT2D eigenvalue weighted by Gasteiger charge is -2.25. The first-order chi connectivity index (χ1) is 9.95. The van der Waals surface area contributed by atoms with Crippen LogP contribution in [-0.2, 0) is 13.1 Å². The number of thioether (sulfide) groups is 1. The zero-order valence-electron chi connectivity index (χ0n) is 13.2. The van der Waals surface area contributed by atoms with Crippen LogP contribution in [0.5, 0.6) is 0 Å². The average molecular weight is 327 g/mol. The summed E-state index contributed by atoms with van der Waals surface area (Å²) in [7, 11) is 0. The van der Waals surface area contributed by atoms with E-state index in [1.807, 2.05) is 13.8 Å². The smallest absolute Gasteiger partial charge is 0.159 e. The summed E-state index contributed by atoms with van der Waals surface area (Å²) in [6.45, 7) is 10.3. The van der Waals surface area contributed by atoms with E-state index >= 15 is 0 Å². The van der Waals surface area contributed by atoms with Gasteiger partial charge in [-0.2, -0.15) is 16.9 Å². The van der Waals surface area contributed by atoms with Gasteiger partial charge in [0.1, 0.15) is 11.3 Å². The molecule has 0 aromatic carbocycles. The second-order valence-corrected chi connectivity index (χ2v) is 8.48. The molecule has 3 rings (SSSR count). The van der Waals surface area contributed by atoms with Crippen molar-refractivity contribution in [3.63, 3.8) is 0 Å². The lowest BCUT2D eigenvalue weighted by atomic mass is 10.1. The standard InChI is InChI=1S/C15H23ClN4S/c1-5-20-14-12(11(3)18-20)17-13(10(2)16)19(14)9-15(4)7-6-8-21-15/h10H,5-9H2,1-4H3. The van der Waals surface area contributed by atoms with Crippen LogP contribution in [0.3, 0.4) is 0 Å². The second kappa shape index (κ2) is 5.51. The molecule has 3 heterocycles. The van der Waals surface area contributed by atoms with Crippen LogP contribution in [0.1, 0.15) is 50.5 Å². The van der Waals surface area contributed by atoms with Crippen molar-refractivity contribution in [2.75, 3.05) is 5.75 Å². The number of hydrogen-bond acceptors (Lipinski definition) is 3. The highest BCUT2D eigenvalue weighted by molar-refractivity contribution is 8.00. The Labute approximate surface area is 135 Å². The molecule has 2 unspecified atom stereocenters. The Morgan fingerprint density at radius 1 is 1.48 bits per heavy atom. The van der Waals surface area contributed by atoms with Crippen molar-refractivity contribution < 1.29 is 0 Å². The van der Waals surface area contributed by atoms with E-state index in [2.05, 4.69) is 40.0 Å². The van der Waals surface area contributed by atoms with E-state index in [-0.39, 0.29) is 10.1 Å². The highest BCUT2D eigenvalue weighted by Crippen LogP contribution is 2.40. The fourth-order valence-corrected chi connectivity index (χ4v) is 4.67. The third-order valence-electron chi connectivity index (χ3n) is 4.28. The number of aryl methyl sites for hydroxylation is 2. The molecule has 0 amide bonds. The highest BCUT2D eigenvalue weighted by Gasteiger charge is 2.33. The van der Waals surface area contributed by atoms with Gasteiger partial charge in [0, 0.05) is 17.8 Å². The fourth-order valence-electron chi connectivity index (χ4n) is 3.22. The van der Waals surface area contributed by atoms with Gasteiger partial charge in [-0.3, -0.25) is 0 Å². The van der Waals surface area contributed by atoms with Crippen molar-refractivity contribution >= 4 is 34.5 Å². The summed E-state index contributed by atoms with van der Waals surface area (Å²) in [6, 6.07) is 0. The van der Waals surface area contributed by atoms with Crippen LogP contribution < -0.4 is 0 Å². The first kappa shape index (κ1) is 15.2. The molecule has 116 valence electrons. The van der Waals surface area contributed by atoms with Crippen molar-refractivity contribution in [3.8, 4) is 0 Å². The van der Waals surface area contributed by atoms with Crippen molar-refractivity contribution in [2.45, 2.75) is 63.8 Å². The maximum atomic E-state index is 6.40. The minimum absolute atomic E-state index is 0.0860. The van der Waals surface area contributed by atoms with Gasteiger partial charge in [-0.1, -0.05) is 0 Å². The molecule has 1 aliphatic heterocycles. The number of rotatable bonds is 4. The molecular formula is C15H23ClN4S. The fraction of sp³-hybridized carbons (Fsp3) is 0.733. The Morgan fingerprint density at radius 3 is 2.81 bits per heavy atom. The predicted molar refractivity (Wildman–Crippen MR) is 90.3 cm³/mol. The van der Waals surface area contributed by atoms with Gasteiger partial charge in [-0.15, -0.1) is 11.6 Å². The van der Waals surface area contributed by atoms with Crippen molar-refractivity contribution in [1.29, 1.82) is 0 Å². The van der Waals surface area contributed by atoms with E-state index in [1.54, 1.807) is 0 Å². The molecule has 2 atom stereocenters. The van der Waals surface area contributed by atoms with Crippen LogP contribution in [0.25, 0.3) is 11.2 Å². The van der Waals surface area contributed by atoms with Crippen molar-refractivity contribution in [3.05, 3.63) is 11.5 Å². The van der Waals surface area contributed by atoms with E-state index in [9.17, 15) is 0 Å². The Kier molecular flexibility index (Phi) is 3.99. The summed E-state index contributed by atoms with van der Waals surface area (Å²) in [5, 5.41) is 4.52. The van der Waals surface area contributed by atoms with Gasteiger partial charge in [0.25, 0.3) is 0 Å². The molecule has 2 aromatic heterocycles. The van der Waals surface area contributed by atoms with E-state index in [0.29, 0.717) is 0 Å². The van der Waals surface area contributed by atoms with Crippen molar-refractivity contribution in [2.24, 2.45) is 0 Å². The monoisotopic (exact) mass is 326 g/mol. The quantitative estimate of drug-likeness (QED) is 0.792. The van der Waals surface area contributed by atoms with Crippen LogP contribution in [0, 0.1) is 6.92 Å². The van der Waals surface area contributed by atoms with Crippen molar-refractivity contribution in [1.82, 2.24) is 19.3 Å². The number of halogens is 1. The molecule has 0 N–H and O–H groups in total. The molecule has 1 aliphatic rings. The van der Waals surface area contributed by atoms with Gasteiger partial charge in [-0.05, 0) is 46.3 Å². The molecule has 0 spiro atoms. The number of aromatic nitrogens is 4. The van der Waals surface area contributed by atoms with Crippen LogP contribution in [0.2, 0.25) is 0 Å². The normalized spacial score (nSPS) is 24.0. The van der Waals surface area contributed by atoms with Gasteiger partial charge in [0.15, 0.2) is 5.65 Å². The molecule has 2 aromatic rings. The first-order valence-corrected chi connectivity index (χ1v) is 9.09. The predicted octanol–water partition coefficient (Wildman–Crippen LogP) is 4.15. The third kappa shape index (κ3) is 2.59. The van der Waals surface area contributed by atoms with Gasteiger partial charge in [-0.25, -0.2) is 9.67 Å². The lowest BCUT2D eigenvalue weighted by Crippen LogP contribution is -2.26. The zero-order valence-corrected chi connectivity index (χ0v) is 14.8. The number of imidazole rings is 1. The minimum Gasteiger partial charge on any atom is -0.310 e. The number of fused-ring (bicyclic) bond motifs is 1. The summed E-state index contributed by atoms with van der Waals surface area (Å²) in [5.41, 5.74) is 3.13. The Bertz CT molecular complexity index is 652. The topological polar surface area (TPSA) is 35.6 Å². The van der Waals surface area contributed by atoms with E-state index < -0.39 is 0 Å². The molecule has 0 radical (unpaired) electrons. The molecule has 6 heteroatoms. The molecule has 1 fully saturated rings. The first-order valence-electron chi connectivity index (χ1n) is 7.67. The third-order valence-corrected chi connectivity index (χ3v) is 5.99. The van der Waals surface area contributed by atoms with Gasteiger partial charge in [0.05, 0.1) is 11.1 Å². The molecule has 0 bridgehead atoms. The summed E-state index contributed by atoms with van der Waals surface area (Å²) < 4.78 is 4.66. The number of nitrogens with zero attached hydrogens (tertiary/aromatic N) is 4. The largest absolute Gasteiger partial charge is 0.310 e. The van der Waals surface area contributed by atoms with Crippen LogP contribution in [0.15, 0.2) is 0 Å². The molecule has 4 nitrogen and oxygen atoms in total. The van der Waals surface area contributed by atoms with Crippen LogP contribution >= 0.6 is 23.4 Å². The SMILES string of the molecule is CCn1nc(C)c2nc(C(C)Cl)n(CC3(C)CCCS3)c21. The molecular weight excluding hydrogens is 304 g/mol. The average Bonchev–Trinajstić information content (AvgIpc) is 3.08. The van der Waals surface area contributed by atoms with E-state index in [0.717, 1.165) is 35.8 Å². The summed E-state index contributed by atoms with van der Waals surface area (Å²) in [4.78, 5) is 4.79. The molecule has 0 aliphatic carbocycles.